The largest absolute Gasteiger partial charge is 0.452 e. The first-order chi connectivity index (χ1) is 12.4. The van der Waals surface area contributed by atoms with Gasteiger partial charge in [0.2, 0.25) is 0 Å². The second-order valence-corrected chi connectivity index (χ2v) is 6.62. The zero-order chi connectivity index (χ0) is 19.1. The molecule has 0 radical (unpaired) electrons. The minimum atomic E-state index is -0.851. The topological polar surface area (TPSA) is 75.7 Å². The second kappa shape index (κ2) is 9.38. The van der Waals surface area contributed by atoms with E-state index in [0.29, 0.717) is 43.1 Å². The number of benzene rings is 1. The Hall–Kier alpha value is -2.34. The number of hydrogen-bond acceptors (Lipinski definition) is 4. The number of carbonyl (C=O) groups is 3. The molecule has 1 fully saturated rings. The van der Waals surface area contributed by atoms with Gasteiger partial charge in [-0.2, -0.15) is 0 Å². The number of amides is 2. The molecule has 2 rings (SSSR count). The van der Waals surface area contributed by atoms with Crippen LogP contribution in [0.2, 0.25) is 5.02 Å². The number of esters is 1. The summed E-state index contributed by atoms with van der Waals surface area (Å²) in [6.45, 7) is 6.32. The van der Waals surface area contributed by atoms with Gasteiger partial charge in [-0.15, -0.1) is 6.58 Å². The van der Waals surface area contributed by atoms with Crippen LogP contribution in [0.15, 0.2) is 36.9 Å². The van der Waals surface area contributed by atoms with Crippen molar-refractivity contribution in [3.63, 3.8) is 0 Å². The number of likely N-dealkylation sites (tertiary alicyclic amines) is 1. The molecule has 1 heterocycles. The number of carbonyl (C=O) groups excluding carboxylic acids is 3. The lowest BCUT2D eigenvalue weighted by Gasteiger charge is -2.31. The molecular formula is C19H23ClN2O4. The molecule has 6 nitrogen and oxygen atoms in total. The van der Waals surface area contributed by atoms with Crippen molar-refractivity contribution in [1.29, 1.82) is 0 Å². The van der Waals surface area contributed by atoms with E-state index in [1.54, 1.807) is 35.2 Å². The molecule has 0 aliphatic carbocycles. The molecule has 1 aromatic rings. The van der Waals surface area contributed by atoms with Gasteiger partial charge < -0.3 is 15.0 Å². The Kier molecular flexibility index (Phi) is 7.21. The van der Waals surface area contributed by atoms with Gasteiger partial charge in [0.05, 0.1) is 5.92 Å². The van der Waals surface area contributed by atoms with E-state index in [4.69, 9.17) is 16.3 Å². The molecule has 0 aromatic heterocycles. The summed E-state index contributed by atoms with van der Waals surface area (Å²) < 4.78 is 5.24. The molecule has 0 saturated carbocycles. The Labute approximate surface area is 158 Å². The first-order valence-corrected chi connectivity index (χ1v) is 8.94. The summed E-state index contributed by atoms with van der Waals surface area (Å²) in [4.78, 5) is 38.2. The average Bonchev–Trinajstić information content (AvgIpc) is 2.66. The zero-order valence-corrected chi connectivity index (χ0v) is 15.5. The number of rotatable bonds is 6. The number of nitrogens with one attached hydrogen (secondary N) is 1. The maximum absolute atomic E-state index is 12.5. The van der Waals surface area contributed by atoms with E-state index in [1.807, 2.05) is 0 Å². The molecule has 1 saturated heterocycles. The molecule has 0 bridgehead atoms. The molecule has 26 heavy (non-hydrogen) atoms. The Balaban J connectivity index is 1.82. The van der Waals surface area contributed by atoms with Gasteiger partial charge in [-0.05, 0) is 44.0 Å². The molecule has 2 amide bonds. The van der Waals surface area contributed by atoms with Crippen LogP contribution in [-0.4, -0.2) is 48.4 Å². The summed E-state index contributed by atoms with van der Waals surface area (Å²) in [5, 5.41) is 3.17. The van der Waals surface area contributed by atoms with Crippen LogP contribution in [0, 0.1) is 5.92 Å². The molecule has 1 aliphatic heterocycles. The number of halogens is 1. The summed E-state index contributed by atoms with van der Waals surface area (Å²) in [7, 11) is 0. The van der Waals surface area contributed by atoms with Gasteiger partial charge in [-0.1, -0.05) is 17.7 Å². The van der Waals surface area contributed by atoms with Crippen LogP contribution in [0.4, 0.5) is 0 Å². The highest BCUT2D eigenvalue weighted by molar-refractivity contribution is 6.30. The van der Waals surface area contributed by atoms with E-state index in [1.165, 1.54) is 6.92 Å². The van der Waals surface area contributed by atoms with Crippen LogP contribution in [0.3, 0.4) is 0 Å². The van der Waals surface area contributed by atoms with Crippen molar-refractivity contribution in [2.24, 2.45) is 5.92 Å². The first kappa shape index (κ1) is 20.0. The van der Waals surface area contributed by atoms with Gasteiger partial charge >= 0.3 is 5.97 Å². The maximum atomic E-state index is 12.5. The SMILES string of the molecule is C=CCNC(=O)C(C)OC(=O)C1CCN(C(=O)c2ccc(Cl)cc2)CC1. The Morgan fingerprint density at radius 2 is 1.92 bits per heavy atom. The third-order valence-electron chi connectivity index (χ3n) is 4.29. The summed E-state index contributed by atoms with van der Waals surface area (Å²) in [6.07, 6.45) is 1.73. The van der Waals surface area contributed by atoms with Crippen LogP contribution in [0.25, 0.3) is 0 Å². The standard InChI is InChI=1S/C19H23ClN2O4/c1-3-10-21-17(23)13(2)26-19(25)15-8-11-22(12-9-15)18(24)14-4-6-16(20)7-5-14/h3-7,13,15H,1,8-12H2,2H3,(H,21,23). The van der Waals surface area contributed by atoms with E-state index in [2.05, 4.69) is 11.9 Å². The second-order valence-electron chi connectivity index (χ2n) is 6.19. The number of hydrogen-bond donors (Lipinski definition) is 1. The van der Waals surface area contributed by atoms with Gasteiger partial charge in [0, 0.05) is 30.2 Å². The monoisotopic (exact) mass is 378 g/mol. The fourth-order valence-corrected chi connectivity index (χ4v) is 2.86. The van der Waals surface area contributed by atoms with Crippen LogP contribution in [0.5, 0.6) is 0 Å². The van der Waals surface area contributed by atoms with E-state index in [0.717, 1.165) is 0 Å². The lowest BCUT2D eigenvalue weighted by Crippen LogP contribution is -2.42. The van der Waals surface area contributed by atoms with Gasteiger partial charge in [-0.25, -0.2) is 0 Å². The minimum Gasteiger partial charge on any atom is -0.452 e. The fourth-order valence-electron chi connectivity index (χ4n) is 2.73. The molecule has 1 aliphatic rings. The van der Waals surface area contributed by atoms with Crippen LogP contribution in [-0.2, 0) is 14.3 Å². The fraction of sp³-hybridized carbons (Fsp3) is 0.421. The van der Waals surface area contributed by atoms with Gasteiger partial charge in [-0.3, -0.25) is 14.4 Å². The molecule has 0 spiro atoms. The average molecular weight is 379 g/mol. The van der Waals surface area contributed by atoms with Crippen molar-refractivity contribution in [2.75, 3.05) is 19.6 Å². The Bertz CT molecular complexity index is 667. The number of piperidine rings is 1. The minimum absolute atomic E-state index is 0.0781. The quantitative estimate of drug-likeness (QED) is 0.609. The number of nitrogens with zero attached hydrogens (tertiary/aromatic N) is 1. The lowest BCUT2D eigenvalue weighted by atomic mass is 9.96. The molecule has 1 aromatic carbocycles. The predicted octanol–water partition coefficient (Wildman–Crippen LogP) is 2.43. The van der Waals surface area contributed by atoms with Crippen molar-refractivity contribution in [2.45, 2.75) is 25.9 Å². The van der Waals surface area contributed by atoms with Gasteiger partial charge in [0.1, 0.15) is 0 Å². The van der Waals surface area contributed by atoms with Crippen LogP contribution < -0.4 is 5.32 Å². The van der Waals surface area contributed by atoms with Crippen molar-refractivity contribution in [3.8, 4) is 0 Å². The van der Waals surface area contributed by atoms with Crippen molar-refractivity contribution in [1.82, 2.24) is 10.2 Å². The van der Waals surface area contributed by atoms with E-state index in [-0.39, 0.29) is 17.7 Å². The van der Waals surface area contributed by atoms with Gasteiger partial charge in [0.15, 0.2) is 6.10 Å². The third-order valence-corrected chi connectivity index (χ3v) is 4.54. The summed E-state index contributed by atoms with van der Waals surface area (Å²) in [6, 6.07) is 6.73. The molecule has 1 atom stereocenters. The zero-order valence-electron chi connectivity index (χ0n) is 14.7. The lowest BCUT2D eigenvalue weighted by molar-refractivity contribution is -0.159. The predicted molar refractivity (Wildman–Crippen MR) is 98.8 cm³/mol. The smallest absolute Gasteiger partial charge is 0.309 e. The first-order valence-electron chi connectivity index (χ1n) is 8.56. The highest BCUT2D eigenvalue weighted by atomic mass is 35.5. The Morgan fingerprint density at radius 3 is 2.50 bits per heavy atom. The summed E-state index contributed by atoms with van der Waals surface area (Å²) in [5.41, 5.74) is 0.572. The highest BCUT2D eigenvalue weighted by Crippen LogP contribution is 2.21. The molecule has 1 unspecified atom stereocenters. The van der Waals surface area contributed by atoms with E-state index in [9.17, 15) is 14.4 Å². The number of ether oxygens (including phenoxy) is 1. The molecule has 1 N–H and O–H groups in total. The molecule has 7 heteroatoms. The highest BCUT2D eigenvalue weighted by Gasteiger charge is 2.30. The maximum Gasteiger partial charge on any atom is 0.309 e. The van der Waals surface area contributed by atoms with Crippen molar-refractivity contribution in [3.05, 3.63) is 47.5 Å². The van der Waals surface area contributed by atoms with Crippen LogP contribution in [0.1, 0.15) is 30.1 Å². The van der Waals surface area contributed by atoms with Crippen LogP contribution >= 0.6 is 11.6 Å². The van der Waals surface area contributed by atoms with Gasteiger partial charge in [0.25, 0.3) is 11.8 Å². The molecular weight excluding hydrogens is 356 g/mol. The van der Waals surface area contributed by atoms with Crippen molar-refractivity contribution < 1.29 is 19.1 Å². The molecule has 140 valence electrons. The summed E-state index contributed by atoms with van der Waals surface area (Å²) >= 11 is 5.84. The van der Waals surface area contributed by atoms with E-state index >= 15 is 0 Å². The third kappa shape index (κ3) is 5.33. The van der Waals surface area contributed by atoms with E-state index < -0.39 is 12.1 Å². The normalized spacial score (nSPS) is 15.8. The Morgan fingerprint density at radius 1 is 1.31 bits per heavy atom. The van der Waals surface area contributed by atoms with Crippen molar-refractivity contribution >= 4 is 29.4 Å². The summed E-state index contributed by atoms with van der Waals surface area (Å²) in [5.74, 6) is -1.14.